The Hall–Kier alpha value is -3.59. The number of anilines is 1. The topological polar surface area (TPSA) is 88.9 Å². The minimum absolute atomic E-state index is 0.229. The van der Waals surface area contributed by atoms with E-state index in [0.717, 1.165) is 42.1 Å². The van der Waals surface area contributed by atoms with E-state index >= 15 is 0 Å². The molecule has 1 fully saturated rings. The summed E-state index contributed by atoms with van der Waals surface area (Å²) < 4.78 is 12.2. The molecule has 1 aliphatic rings. The molecule has 0 saturated carbocycles. The quantitative estimate of drug-likeness (QED) is 0.420. The molecule has 1 saturated heterocycles. The number of aryl methyl sites for hydroxylation is 1. The number of carbonyl (C=O) groups is 2. The molecule has 0 spiro atoms. The van der Waals surface area contributed by atoms with Crippen LogP contribution in [0.4, 0.5) is 10.5 Å². The van der Waals surface area contributed by atoms with Gasteiger partial charge in [-0.25, -0.2) is 9.78 Å². The summed E-state index contributed by atoms with van der Waals surface area (Å²) in [7, 11) is 3.98. The number of benzene rings is 1. The molecule has 3 rings (SSSR count). The van der Waals surface area contributed by atoms with Crippen molar-refractivity contribution in [1.29, 1.82) is 0 Å². The van der Waals surface area contributed by atoms with Crippen LogP contribution in [-0.2, 0) is 27.9 Å². The van der Waals surface area contributed by atoms with Crippen LogP contribution in [0, 0.1) is 0 Å². The third-order valence-electron chi connectivity index (χ3n) is 5.66. The summed E-state index contributed by atoms with van der Waals surface area (Å²) in [4.78, 5) is 30.9. The second-order valence-electron chi connectivity index (χ2n) is 9.60. The van der Waals surface area contributed by atoms with Crippen molar-refractivity contribution in [3.63, 3.8) is 0 Å². The van der Waals surface area contributed by atoms with Gasteiger partial charge in [-0.2, -0.15) is 0 Å². The smallest absolute Gasteiger partial charge is 0.410 e. The van der Waals surface area contributed by atoms with Gasteiger partial charge in [-0.05, 0) is 52.4 Å². The molecule has 9 nitrogen and oxygen atoms in total. The summed E-state index contributed by atoms with van der Waals surface area (Å²) in [6, 6.07) is 6.24. The van der Waals surface area contributed by atoms with Crippen molar-refractivity contribution in [2.45, 2.75) is 39.8 Å². The molecule has 1 N–H and O–H groups in total. The highest BCUT2D eigenvalue weighted by Crippen LogP contribution is 2.28. The first-order valence-corrected chi connectivity index (χ1v) is 12.5. The minimum atomic E-state index is -0.460. The van der Waals surface area contributed by atoms with E-state index in [2.05, 4.69) is 45.3 Å². The normalized spacial score (nSPS) is 14.4. The molecule has 2 heterocycles. The molecule has 1 aromatic heterocycles. The lowest BCUT2D eigenvalue weighted by molar-refractivity contribution is -0.127. The van der Waals surface area contributed by atoms with Gasteiger partial charge in [-0.3, -0.25) is 4.79 Å². The molecule has 202 valence electrons. The lowest BCUT2D eigenvalue weighted by Crippen LogP contribution is -2.50. The number of hydrogen-bond donors (Lipinski definition) is 1. The summed E-state index contributed by atoms with van der Waals surface area (Å²) >= 11 is 0. The summed E-state index contributed by atoms with van der Waals surface area (Å²) in [5, 5.41) is 3.17. The fraction of sp³-hybridized carbons (Fsp3) is 0.464. The molecule has 1 aliphatic heterocycles. The van der Waals surface area contributed by atoms with Gasteiger partial charge < -0.3 is 29.2 Å². The Bertz CT molecular complexity index is 1110. The van der Waals surface area contributed by atoms with E-state index in [1.54, 1.807) is 11.0 Å². The van der Waals surface area contributed by atoms with Crippen LogP contribution in [0.25, 0.3) is 11.0 Å². The Labute approximate surface area is 220 Å². The van der Waals surface area contributed by atoms with Crippen molar-refractivity contribution in [3.05, 3.63) is 60.5 Å². The van der Waals surface area contributed by atoms with Crippen LogP contribution in [0.2, 0.25) is 0 Å². The number of nitrogens with zero attached hydrogens (tertiary/aromatic N) is 4. The van der Waals surface area contributed by atoms with Crippen LogP contribution in [-0.4, -0.2) is 72.5 Å². The molecule has 1 amide bonds. The fourth-order valence-electron chi connectivity index (χ4n) is 3.85. The molecule has 37 heavy (non-hydrogen) atoms. The number of nitrogens with one attached hydrogen (secondary N) is 1. The molecule has 0 bridgehead atoms. The third-order valence-corrected chi connectivity index (χ3v) is 5.66. The minimum Gasteiger partial charge on any atom is -0.463 e. The highest BCUT2D eigenvalue weighted by Gasteiger charge is 2.27. The zero-order valence-corrected chi connectivity index (χ0v) is 23.0. The van der Waals surface area contributed by atoms with E-state index in [9.17, 15) is 9.59 Å². The number of aromatic nitrogens is 2. The maximum atomic E-state index is 12.3. The second-order valence-corrected chi connectivity index (χ2v) is 9.60. The lowest BCUT2D eigenvalue weighted by Gasteiger charge is -2.37. The Morgan fingerprint density at radius 3 is 2.49 bits per heavy atom. The van der Waals surface area contributed by atoms with Crippen molar-refractivity contribution in [1.82, 2.24) is 19.8 Å². The average molecular weight is 512 g/mol. The highest BCUT2D eigenvalue weighted by atomic mass is 16.6. The van der Waals surface area contributed by atoms with Gasteiger partial charge in [-0.1, -0.05) is 36.9 Å². The molecule has 0 atom stereocenters. The van der Waals surface area contributed by atoms with Crippen molar-refractivity contribution < 1.29 is 19.1 Å². The first kappa shape index (κ1) is 29.6. The molecule has 2 aromatic rings. The number of hydrogen-bond acceptors (Lipinski definition) is 7. The molecule has 0 aliphatic carbocycles. The standard InChI is InChI=1S/C19H29N5O2.C9H12O2/c1-19(2,3)26-18(25)24-11-9-23(10-12-24)15-8-6-7-14-17(15)22(5)16(21-14)13-20-4;1-3-5-6-9(4-2)7-11-8-10/h6-8,20H,9-13H2,1-5H3;3-6,8H,2,7H2,1H3/b;5-3-,9-6+. The number of carbonyl (C=O) groups excluding carboxylic acids is 2. The number of allylic oxidation sites excluding steroid dienone is 3. The van der Waals surface area contributed by atoms with Crippen molar-refractivity contribution in [3.8, 4) is 0 Å². The largest absolute Gasteiger partial charge is 0.463 e. The van der Waals surface area contributed by atoms with Crippen molar-refractivity contribution in [2.24, 2.45) is 7.05 Å². The Morgan fingerprint density at radius 1 is 1.22 bits per heavy atom. The van der Waals surface area contributed by atoms with E-state index in [1.807, 2.05) is 59.0 Å². The van der Waals surface area contributed by atoms with Gasteiger partial charge in [0.1, 0.15) is 18.0 Å². The Morgan fingerprint density at radius 2 is 1.92 bits per heavy atom. The maximum Gasteiger partial charge on any atom is 0.410 e. The number of fused-ring (bicyclic) bond motifs is 1. The van der Waals surface area contributed by atoms with Gasteiger partial charge in [0.25, 0.3) is 6.47 Å². The van der Waals surface area contributed by atoms with E-state index in [0.29, 0.717) is 19.6 Å². The number of ether oxygens (including phenoxy) is 2. The zero-order valence-electron chi connectivity index (χ0n) is 23.0. The number of amides is 1. The summed E-state index contributed by atoms with van der Waals surface area (Å²) in [6.07, 6.45) is 7.03. The zero-order chi connectivity index (χ0) is 27.4. The average Bonchev–Trinajstić information content (AvgIpc) is 3.19. The highest BCUT2D eigenvalue weighted by molar-refractivity contribution is 5.89. The van der Waals surface area contributed by atoms with Crippen molar-refractivity contribution in [2.75, 3.05) is 44.7 Å². The van der Waals surface area contributed by atoms with E-state index in [4.69, 9.17) is 9.72 Å². The predicted octanol–water partition coefficient (Wildman–Crippen LogP) is 4.20. The van der Waals surface area contributed by atoms with Gasteiger partial charge in [0.05, 0.1) is 23.3 Å². The fourth-order valence-corrected chi connectivity index (χ4v) is 3.85. The molecular weight excluding hydrogens is 470 g/mol. The summed E-state index contributed by atoms with van der Waals surface area (Å²) in [6.45, 7) is 15.5. The number of piperazine rings is 1. The number of para-hydroxylation sites is 1. The van der Waals surface area contributed by atoms with Crippen molar-refractivity contribution >= 4 is 29.3 Å². The first-order chi connectivity index (χ1) is 17.6. The van der Waals surface area contributed by atoms with Crippen LogP contribution in [0.5, 0.6) is 0 Å². The van der Waals surface area contributed by atoms with Crippen LogP contribution >= 0.6 is 0 Å². The molecule has 0 unspecified atom stereocenters. The van der Waals surface area contributed by atoms with Gasteiger partial charge in [0.2, 0.25) is 0 Å². The number of rotatable bonds is 8. The van der Waals surface area contributed by atoms with Gasteiger partial charge >= 0.3 is 6.09 Å². The summed E-state index contributed by atoms with van der Waals surface area (Å²) in [5.41, 5.74) is 3.74. The Kier molecular flexibility index (Phi) is 11.4. The lowest BCUT2D eigenvalue weighted by atomic mass is 10.2. The maximum absolute atomic E-state index is 12.3. The van der Waals surface area contributed by atoms with Crippen LogP contribution in [0.1, 0.15) is 33.5 Å². The van der Waals surface area contributed by atoms with Gasteiger partial charge in [0, 0.05) is 33.2 Å². The van der Waals surface area contributed by atoms with E-state index < -0.39 is 5.60 Å². The molecule has 0 radical (unpaired) electrons. The van der Waals surface area contributed by atoms with E-state index in [-0.39, 0.29) is 12.7 Å². The summed E-state index contributed by atoms with van der Waals surface area (Å²) in [5.74, 6) is 1.02. The predicted molar refractivity (Wildman–Crippen MR) is 149 cm³/mol. The molecular formula is C28H41N5O4. The number of imidazole rings is 1. The first-order valence-electron chi connectivity index (χ1n) is 12.5. The molecule has 9 heteroatoms. The Balaban J connectivity index is 0.000000371. The van der Waals surface area contributed by atoms with Gasteiger partial charge in [-0.15, -0.1) is 0 Å². The third kappa shape index (κ3) is 8.78. The van der Waals surface area contributed by atoms with Crippen LogP contribution < -0.4 is 10.2 Å². The van der Waals surface area contributed by atoms with Gasteiger partial charge in [0.15, 0.2) is 0 Å². The molecule has 1 aromatic carbocycles. The SMILES string of the molecule is C=C/C(=C\C=C/C)COC=O.CNCc1nc2cccc(N3CCN(C(=O)OC(C)(C)C)CC3)c2n1C. The van der Waals surface area contributed by atoms with Crippen LogP contribution in [0.15, 0.2) is 54.7 Å². The monoisotopic (exact) mass is 511 g/mol. The second kappa shape index (κ2) is 14.2. The van der Waals surface area contributed by atoms with E-state index in [1.165, 1.54) is 5.69 Å². The van der Waals surface area contributed by atoms with Crippen LogP contribution in [0.3, 0.4) is 0 Å².